The van der Waals surface area contributed by atoms with Crippen molar-refractivity contribution in [1.82, 2.24) is 10.2 Å². The number of nitrogens with one attached hydrogen (secondary N) is 1. The van der Waals surface area contributed by atoms with Crippen LogP contribution in [0.25, 0.3) is 0 Å². The van der Waals surface area contributed by atoms with Gasteiger partial charge in [0.05, 0.1) is 25.9 Å². The van der Waals surface area contributed by atoms with Crippen molar-refractivity contribution in [3.8, 4) is 5.75 Å². The standard InChI is InChI=1S/C24H30N2O7/c1-2-31-19-9-7-17(8-10-19)24-32-16-20(33-24)6-4-3-5-18(27)15-25-21(28)13-14-26-22(29)11-12-23(26)30/h7-12,20,24H,2-6,13-16H2,1H3,(H,25,28). The number of hydrogen-bond donors (Lipinski definition) is 1. The Morgan fingerprint density at radius 2 is 1.82 bits per heavy atom. The summed E-state index contributed by atoms with van der Waals surface area (Å²) in [5.41, 5.74) is 0.946. The molecule has 3 rings (SSSR count). The number of benzene rings is 1. The fourth-order valence-electron chi connectivity index (χ4n) is 3.60. The van der Waals surface area contributed by atoms with Crippen LogP contribution in [-0.2, 0) is 28.7 Å². The summed E-state index contributed by atoms with van der Waals surface area (Å²) in [5.74, 6) is -0.467. The van der Waals surface area contributed by atoms with Gasteiger partial charge in [-0.2, -0.15) is 0 Å². The quantitative estimate of drug-likeness (QED) is 0.356. The van der Waals surface area contributed by atoms with E-state index in [4.69, 9.17) is 14.2 Å². The molecule has 9 heteroatoms. The van der Waals surface area contributed by atoms with Gasteiger partial charge < -0.3 is 19.5 Å². The third-order valence-corrected chi connectivity index (χ3v) is 5.39. The van der Waals surface area contributed by atoms with Crippen molar-refractivity contribution >= 4 is 23.5 Å². The van der Waals surface area contributed by atoms with Gasteiger partial charge in [-0.3, -0.25) is 24.1 Å². The average molecular weight is 459 g/mol. The normalized spacial score (nSPS) is 19.8. The first-order chi connectivity index (χ1) is 16.0. The molecule has 1 N–H and O–H groups in total. The highest BCUT2D eigenvalue weighted by Crippen LogP contribution is 2.30. The zero-order valence-corrected chi connectivity index (χ0v) is 18.8. The van der Waals surface area contributed by atoms with Crippen LogP contribution in [0.3, 0.4) is 0 Å². The topological polar surface area (TPSA) is 111 Å². The molecule has 1 aromatic carbocycles. The predicted molar refractivity (Wildman–Crippen MR) is 118 cm³/mol. The molecule has 178 valence electrons. The van der Waals surface area contributed by atoms with Gasteiger partial charge in [0.25, 0.3) is 11.8 Å². The van der Waals surface area contributed by atoms with Gasteiger partial charge in [-0.05, 0) is 31.9 Å². The Morgan fingerprint density at radius 1 is 1.09 bits per heavy atom. The Labute approximate surface area is 193 Å². The second kappa shape index (κ2) is 12.3. The maximum Gasteiger partial charge on any atom is 0.253 e. The lowest BCUT2D eigenvalue weighted by atomic mass is 10.1. The third-order valence-electron chi connectivity index (χ3n) is 5.39. The number of imide groups is 1. The zero-order chi connectivity index (χ0) is 23.6. The maximum absolute atomic E-state index is 12.0. The fourth-order valence-corrected chi connectivity index (χ4v) is 3.60. The van der Waals surface area contributed by atoms with Crippen LogP contribution in [0.1, 0.15) is 50.9 Å². The lowest BCUT2D eigenvalue weighted by Crippen LogP contribution is -2.36. The molecule has 2 aliphatic rings. The van der Waals surface area contributed by atoms with Crippen LogP contribution >= 0.6 is 0 Å². The van der Waals surface area contributed by atoms with Gasteiger partial charge in [-0.25, -0.2) is 0 Å². The molecule has 0 saturated carbocycles. The summed E-state index contributed by atoms with van der Waals surface area (Å²) in [6.07, 6.45) is 4.59. The van der Waals surface area contributed by atoms with Gasteiger partial charge in [-0.1, -0.05) is 18.6 Å². The SMILES string of the molecule is CCOc1ccc(C2OCC(CCCCC(=O)CNC(=O)CCN3C(=O)C=CC3=O)O2)cc1. The molecule has 0 aliphatic carbocycles. The van der Waals surface area contributed by atoms with Crippen molar-refractivity contribution in [1.29, 1.82) is 0 Å². The highest BCUT2D eigenvalue weighted by molar-refractivity contribution is 6.13. The van der Waals surface area contributed by atoms with E-state index in [1.54, 1.807) is 0 Å². The summed E-state index contributed by atoms with van der Waals surface area (Å²) in [6.45, 7) is 3.02. The molecule has 2 unspecified atom stereocenters. The van der Waals surface area contributed by atoms with Gasteiger partial charge in [0.2, 0.25) is 5.91 Å². The number of carbonyl (C=O) groups excluding carboxylic acids is 4. The number of nitrogens with zero attached hydrogens (tertiary/aromatic N) is 1. The van der Waals surface area contributed by atoms with Gasteiger partial charge in [0.15, 0.2) is 12.1 Å². The summed E-state index contributed by atoms with van der Waals surface area (Å²) in [6, 6.07) is 7.66. The van der Waals surface area contributed by atoms with Crippen molar-refractivity contribution in [2.24, 2.45) is 0 Å². The van der Waals surface area contributed by atoms with Crippen LogP contribution in [0.4, 0.5) is 0 Å². The Bertz CT molecular complexity index is 863. The molecule has 2 atom stereocenters. The smallest absolute Gasteiger partial charge is 0.253 e. The minimum Gasteiger partial charge on any atom is -0.494 e. The predicted octanol–water partition coefficient (Wildman–Crippen LogP) is 2.06. The van der Waals surface area contributed by atoms with E-state index < -0.39 is 11.8 Å². The van der Waals surface area contributed by atoms with E-state index in [9.17, 15) is 19.2 Å². The van der Waals surface area contributed by atoms with Crippen LogP contribution in [0.2, 0.25) is 0 Å². The average Bonchev–Trinajstić information content (AvgIpc) is 3.41. The van der Waals surface area contributed by atoms with E-state index in [1.165, 1.54) is 12.2 Å². The second-order valence-corrected chi connectivity index (χ2v) is 7.90. The van der Waals surface area contributed by atoms with Gasteiger partial charge >= 0.3 is 0 Å². The first-order valence-corrected chi connectivity index (χ1v) is 11.3. The minimum atomic E-state index is -0.425. The first-order valence-electron chi connectivity index (χ1n) is 11.3. The molecule has 2 heterocycles. The molecular formula is C24H30N2O7. The Morgan fingerprint density at radius 3 is 2.52 bits per heavy atom. The number of carbonyl (C=O) groups is 4. The van der Waals surface area contributed by atoms with Gasteiger partial charge in [0.1, 0.15) is 5.75 Å². The molecule has 9 nitrogen and oxygen atoms in total. The molecular weight excluding hydrogens is 428 g/mol. The number of ether oxygens (including phenoxy) is 3. The number of ketones is 1. The number of unbranched alkanes of at least 4 members (excludes halogenated alkanes) is 1. The van der Waals surface area contributed by atoms with Crippen LogP contribution in [0, 0.1) is 0 Å². The van der Waals surface area contributed by atoms with Gasteiger partial charge in [-0.15, -0.1) is 0 Å². The monoisotopic (exact) mass is 458 g/mol. The summed E-state index contributed by atoms with van der Waals surface area (Å²) >= 11 is 0. The molecule has 33 heavy (non-hydrogen) atoms. The number of rotatable bonds is 13. The largest absolute Gasteiger partial charge is 0.494 e. The Balaban J connectivity index is 1.24. The molecule has 0 bridgehead atoms. The molecule has 1 fully saturated rings. The first kappa shape index (κ1) is 24.6. The van der Waals surface area contributed by atoms with Crippen LogP contribution < -0.4 is 10.1 Å². The molecule has 2 aliphatic heterocycles. The van der Waals surface area contributed by atoms with Crippen molar-refractivity contribution in [2.45, 2.75) is 51.4 Å². The molecule has 1 saturated heterocycles. The van der Waals surface area contributed by atoms with Gasteiger partial charge in [0, 0.05) is 37.1 Å². The summed E-state index contributed by atoms with van der Waals surface area (Å²) in [5, 5.41) is 2.54. The van der Waals surface area contributed by atoms with E-state index in [1.807, 2.05) is 31.2 Å². The summed E-state index contributed by atoms with van der Waals surface area (Å²) in [4.78, 5) is 47.7. The van der Waals surface area contributed by atoms with E-state index in [-0.39, 0.29) is 43.6 Å². The van der Waals surface area contributed by atoms with Crippen molar-refractivity contribution in [3.05, 3.63) is 42.0 Å². The van der Waals surface area contributed by atoms with Crippen molar-refractivity contribution < 1.29 is 33.4 Å². The summed E-state index contributed by atoms with van der Waals surface area (Å²) in [7, 11) is 0. The second-order valence-electron chi connectivity index (χ2n) is 7.90. The minimum absolute atomic E-state index is 0.00576. The lowest BCUT2D eigenvalue weighted by molar-refractivity contribution is -0.137. The molecule has 1 aromatic rings. The fraction of sp³-hybridized carbons (Fsp3) is 0.500. The maximum atomic E-state index is 12.0. The van der Waals surface area contributed by atoms with E-state index >= 15 is 0 Å². The van der Waals surface area contributed by atoms with Crippen LogP contribution in [0.15, 0.2) is 36.4 Å². The highest BCUT2D eigenvalue weighted by Gasteiger charge is 2.27. The van der Waals surface area contributed by atoms with Crippen LogP contribution in [0.5, 0.6) is 5.75 Å². The molecule has 0 spiro atoms. The zero-order valence-electron chi connectivity index (χ0n) is 18.8. The molecule has 0 radical (unpaired) electrons. The highest BCUT2D eigenvalue weighted by atomic mass is 16.7. The molecule has 0 aromatic heterocycles. The Hall–Kier alpha value is -3.04. The number of hydrogen-bond acceptors (Lipinski definition) is 7. The van der Waals surface area contributed by atoms with Crippen LogP contribution in [-0.4, -0.2) is 60.8 Å². The van der Waals surface area contributed by atoms with E-state index in [0.717, 1.165) is 29.1 Å². The van der Waals surface area contributed by atoms with E-state index in [0.29, 0.717) is 26.1 Å². The number of Topliss-reactive ketones (excluding diaryl/α,β-unsaturated/α-hetero) is 1. The number of amides is 3. The molecule has 3 amide bonds. The Kier molecular flexibility index (Phi) is 9.14. The lowest BCUT2D eigenvalue weighted by Gasteiger charge is -2.13. The third kappa shape index (κ3) is 7.50. The van der Waals surface area contributed by atoms with E-state index in [2.05, 4.69) is 5.32 Å². The van der Waals surface area contributed by atoms with Crippen molar-refractivity contribution in [3.63, 3.8) is 0 Å². The summed E-state index contributed by atoms with van der Waals surface area (Å²) < 4.78 is 17.1. The van der Waals surface area contributed by atoms with Crippen molar-refractivity contribution in [2.75, 3.05) is 26.3 Å².